The first-order chi connectivity index (χ1) is 9.19. The molecule has 1 heterocycles. The average molecular weight is 256 g/mol. The molecule has 0 N–H and O–H groups in total. The van der Waals surface area contributed by atoms with Crippen molar-refractivity contribution in [3.05, 3.63) is 41.5 Å². The molecule has 2 rings (SSSR count). The minimum Gasteiger partial charge on any atom is -0.493 e. The molecule has 0 saturated carbocycles. The van der Waals surface area contributed by atoms with Crippen LogP contribution in [0.4, 0.5) is 0 Å². The summed E-state index contributed by atoms with van der Waals surface area (Å²) in [5.74, 6) is 2.44. The molecule has 1 aromatic heterocycles. The van der Waals surface area contributed by atoms with Crippen molar-refractivity contribution < 1.29 is 4.74 Å². The lowest BCUT2D eigenvalue weighted by Gasteiger charge is -2.06. The second-order valence-electron chi connectivity index (χ2n) is 4.27. The molecule has 0 amide bonds. The first-order valence-electron chi connectivity index (χ1n) is 6.20. The van der Waals surface area contributed by atoms with Crippen LogP contribution in [0.5, 0.6) is 5.75 Å². The highest BCUT2D eigenvalue weighted by molar-refractivity contribution is 5.36. The van der Waals surface area contributed by atoms with Crippen molar-refractivity contribution >= 4 is 0 Å². The van der Waals surface area contributed by atoms with Crippen molar-refractivity contribution in [2.45, 2.75) is 26.8 Å². The monoisotopic (exact) mass is 256 g/mol. The minimum atomic E-state index is 0.591. The molecule has 0 spiro atoms. The summed E-state index contributed by atoms with van der Waals surface area (Å²) >= 11 is 0. The Balaban J connectivity index is 1.81. The second kappa shape index (κ2) is 6.01. The number of nitriles is 1. The molecule has 19 heavy (non-hydrogen) atoms. The lowest BCUT2D eigenvalue weighted by Crippen LogP contribution is -2.07. The Bertz CT molecular complexity index is 598. The van der Waals surface area contributed by atoms with Gasteiger partial charge in [0.15, 0.2) is 0 Å². The summed E-state index contributed by atoms with van der Waals surface area (Å²) in [6, 6.07) is 9.26. The molecule has 2 aromatic rings. The largest absolute Gasteiger partial charge is 0.493 e. The first-order valence-corrected chi connectivity index (χ1v) is 6.20. The Kier molecular flexibility index (Phi) is 4.14. The van der Waals surface area contributed by atoms with Crippen LogP contribution in [-0.4, -0.2) is 21.4 Å². The molecule has 0 radical (unpaired) electrons. The number of rotatable bonds is 5. The van der Waals surface area contributed by atoms with Crippen LogP contribution in [0.15, 0.2) is 24.3 Å². The summed E-state index contributed by atoms with van der Waals surface area (Å²) in [6.07, 6.45) is 0.848. The molecule has 0 unspecified atom stereocenters. The van der Waals surface area contributed by atoms with E-state index >= 15 is 0 Å². The number of aromatic nitrogens is 3. The zero-order chi connectivity index (χ0) is 13.7. The topological polar surface area (TPSA) is 63.7 Å². The number of hydrogen-bond acceptors (Lipinski definition) is 4. The summed E-state index contributed by atoms with van der Waals surface area (Å²) in [7, 11) is 0. The standard InChI is InChI=1S/C14H16N4O/c1-11-16-12(2)18(17-11)7-4-8-19-14-6-3-5-13(9-14)10-15/h3,5-6,9H,4,7-8H2,1-2H3. The van der Waals surface area contributed by atoms with Gasteiger partial charge in [-0.3, -0.25) is 0 Å². The SMILES string of the molecule is Cc1nc(C)n(CCCOc2cccc(C#N)c2)n1. The van der Waals surface area contributed by atoms with Gasteiger partial charge in [0.25, 0.3) is 0 Å². The average Bonchev–Trinajstić information content (AvgIpc) is 2.73. The molecule has 0 saturated heterocycles. The van der Waals surface area contributed by atoms with E-state index in [4.69, 9.17) is 10.00 Å². The summed E-state index contributed by atoms with van der Waals surface area (Å²) in [6.45, 7) is 5.20. The quantitative estimate of drug-likeness (QED) is 0.769. The van der Waals surface area contributed by atoms with Crippen molar-refractivity contribution in [1.29, 1.82) is 5.26 Å². The number of hydrogen-bond donors (Lipinski definition) is 0. The normalized spacial score (nSPS) is 10.2. The Morgan fingerprint density at radius 1 is 1.37 bits per heavy atom. The third-order valence-electron chi connectivity index (χ3n) is 2.71. The zero-order valence-electron chi connectivity index (χ0n) is 11.1. The molecule has 0 fully saturated rings. The lowest BCUT2D eigenvalue weighted by atomic mass is 10.2. The van der Waals surface area contributed by atoms with E-state index in [-0.39, 0.29) is 0 Å². The highest BCUT2D eigenvalue weighted by Gasteiger charge is 2.02. The molecule has 0 bridgehead atoms. The Morgan fingerprint density at radius 2 is 2.21 bits per heavy atom. The lowest BCUT2D eigenvalue weighted by molar-refractivity contribution is 0.297. The molecule has 0 aliphatic carbocycles. The smallest absolute Gasteiger partial charge is 0.147 e. The van der Waals surface area contributed by atoms with Gasteiger partial charge in [0.05, 0.1) is 18.2 Å². The molecule has 98 valence electrons. The minimum absolute atomic E-state index is 0.591. The second-order valence-corrected chi connectivity index (χ2v) is 4.27. The van der Waals surface area contributed by atoms with E-state index < -0.39 is 0 Å². The summed E-state index contributed by atoms with van der Waals surface area (Å²) in [5.41, 5.74) is 0.611. The van der Waals surface area contributed by atoms with E-state index in [1.165, 1.54) is 0 Å². The van der Waals surface area contributed by atoms with E-state index in [0.29, 0.717) is 12.2 Å². The predicted octanol–water partition coefficient (Wildman–Crippen LogP) is 2.24. The van der Waals surface area contributed by atoms with Crippen LogP contribution in [0, 0.1) is 25.2 Å². The molecule has 0 atom stereocenters. The van der Waals surface area contributed by atoms with Crippen molar-refractivity contribution in [3.63, 3.8) is 0 Å². The van der Waals surface area contributed by atoms with Gasteiger partial charge in [-0.25, -0.2) is 9.67 Å². The third-order valence-corrected chi connectivity index (χ3v) is 2.71. The molecule has 5 nitrogen and oxygen atoms in total. The Labute approximate surface area is 112 Å². The van der Waals surface area contributed by atoms with Gasteiger partial charge in [-0.15, -0.1) is 0 Å². The summed E-state index contributed by atoms with van der Waals surface area (Å²) in [5, 5.41) is 13.1. The highest BCUT2D eigenvalue weighted by Crippen LogP contribution is 2.12. The van der Waals surface area contributed by atoms with Crippen molar-refractivity contribution in [2.24, 2.45) is 0 Å². The van der Waals surface area contributed by atoms with Crippen molar-refractivity contribution in [1.82, 2.24) is 14.8 Å². The van der Waals surface area contributed by atoms with Crippen LogP contribution < -0.4 is 4.74 Å². The maximum Gasteiger partial charge on any atom is 0.147 e. The molecular formula is C14H16N4O. The first kappa shape index (κ1) is 13.1. The van der Waals surface area contributed by atoms with E-state index in [0.717, 1.165) is 30.4 Å². The van der Waals surface area contributed by atoms with Gasteiger partial charge in [-0.2, -0.15) is 10.4 Å². The fourth-order valence-electron chi connectivity index (χ4n) is 1.83. The van der Waals surface area contributed by atoms with Crippen LogP contribution in [0.2, 0.25) is 0 Å². The van der Waals surface area contributed by atoms with Crippen LogP contribution in [0.3, 0.4) is 0 Å². The van der Waals surface area contributed by atoms with Gasteiger partial charge in [-0.1, -0.05) is 6.07 Å². The highest BCUT2D eigenvalue weighted by atomic mass is 16.5. The van der Waals surface area contributed by atoms with E-state index in [1.54, 1.807) is 12.1 Å². The molecule has 0 aliphatic rings. The number of ether oxygens (including phenoxy) is 1. The fraction of sp³-hybridized carbons (Fsp3) is 0.357. The van der Waals surface area contributed by atoms with Gasteiger partial charge in [0, 0.05) is 13.0 Å². The number of nitrogens with zero attached hydrogens (tertiary/aromatic N) is 4. The third kappa shape index (κ3) is 3.55. The van der Waals surface area contributed by atoms with Crippen LogP contribution in [0.25, 0.3) is 0 Å². The van der Waals surface area contributed by atoms with Crippen LogP contribution in [0.1, 0.15) is 23.6 Å². The van der Waals surface area contributed by atoms with Gasteiger partial charge in [-0.05, 0) is 32.0 Å². The number of benzene rings is 1. The maximum absolute atomic E-state index is 8.79. The Hall–Kier alpha value is -2.35. The van der Waals surface area contributed by atoms with Crippen LogP contribution >= 0.6 is 0 Å². The van der Waals surface area contributed by atoms with Gasteiger partial charge in [0.2, 0.25) is 0 Å². The summed E-state index contributed by atoms with van der Waals surface area (Å²) < 4.78 is 7.48. The van der Waals surface area contributed by atoms with Crippen molar-refractivity contribution in [3.8, 4) is 11.8 Å². The predicted molar refractivity (Wildman–Crippen MR) is 70.8 cm³/mol. The number of aryl methyl sites for hydroxylation is 3. The van der Waals surface area contributed by atoms with Gasteiger partial charge in [0.1, 0.15) is 17.4 Å². The molecular weight excluding hydrogens is 240 g/mol. The molecule has 1 aromatic carbocycles. The van der Waals surface area contributed by atoms with E-state index in [2.05, 4.69) is 16.2 Å². The van der Waals surface area contributed by atoms with E-state index in [9.17, 15) is 0 Å². The zero-order valence-corrected chi connectivity index (χ0v) is 11.1. The van der Waals surface area contributed by atoms with E-state index in [1.807, 2.05) is 30.7 Å². The Morgan fingerprint density at radius 3 is 2.89 bits per heavy atom. The van der Waals surface area contributed by atoms with Gasteiger partial charge >= 0.3 is 0 Å². The molecule has 0 aliphatic heterocycles. The van der Waals surface area contributed by atoms with Crippen molar-refractivity contribution in [2.75, 3.05) is 6.61 Å². The summed E-state index contributed by atoms with van der Waals surface area (Å²) in [4.78, 5) is 4.25. The van der Waals surface area contributed by atoms with Crippen LogP contribution in [-0.2, 0) is 6.54 Å². The van der Waals surface area contributed by atoms with Gasteiger partial charge < -0.3 is 4.74 Å². The maximum atomic E-state index is 8.79. The fourth-order valence-corrected chi connectivity index (χ4v) is 1.83. The molecule has 5 heteroatoms.